The number of halogens is 1. The fraction of sp³-hybridized carbons (Fsp3) is 0.222. The Balaban J connectivity index is 1.96. The van der Waals surface area contributed by atoms with Gasteiger partial charge < -0.3 is 14.6 Å². The Labute approximate surface area is 151 Å². The van der Waals surface area contributed by atoms with Crippen LogP contribution in [0.2, 0.25) is 5.02 Å². The lowest BCUT2D eigenvalue weighted by Crippen LogP contribution is -2.19. The van der Waals surface area contributed by atoms with Crippen LogP contribution in [0.15, 0.2) is 41.5 Å². The molecule has 2 aromatic carbocycles. The van der Waals surface area contributed by atoms with Crippen molar-refractivity contribution >= 4 is 23.7 Å². The lowest BCUT2D eigenvalue weighted by Gasteiger charge is -2.08. The highest BCUT2D eigenvalue weighted by atomic mass is 35.5. The second kappa shape index (κ2) is 8.94. The van der Waals surface area contributed by atoms with E-state index in [1.807, 2.05) is 12.1 Å². The van der Waals surface area contributed by atoms with Crippen molar-refractivity contribution < 1.29 is 19.4 Å². The van der Waals surface area contributed by atoms with Crippen molar-refractivity contribution in [1.82, 2.24) is 5.43 Å². The number of ether oxygens (including phenoxy) is 2. The smallest absolute Gasteiger partial charge is 0.244 e. The Morgan fingerprint density at radius 2 is 2.04 bits per heavy atom. The third kappa shape index (κ3) is 5.39. The van der Waals surface area contributed by atoms with Crippen LogP contribution in [0.5, 0.6) is 17.2 Å². The summed E-state index contributed by atoms with van der Waals surface area (Å²) in [4.78, 5) is 11.9. The number of hydrazone groups is 1. The molecule has 0 saturated carbocycles. The van der Waals surface area contributed by atoms with E-state index in [0.29, 0.717) is 12.2 Å². The molecule has 0 unspecified atom stereocenters. The van der Waals surface area contributed by atoms with Gasteiger partial charge in [-0.3, -0.25) is 4.79 Å². The van der Waals surface area contributed by atoms with Crippen LogP contribution in [0.3, 0.4) is 0 Å². The molecule has 0 saturated heterocycles. The number of aromatic hydroxyl groups is 1. The first-order chi connectivity index (χ1) is 12.0. The number of phenolic OH excluding ortho intramolecular Hbond substituents is 1. The molecule has 2 N–H and O–H groups in total. The van der Waals surface area contributed by atoms with Crippen molar-refractivity contribution in [2.75, 3.05) is 13.7 Å². The largest absolute Gasteiger partial charge is 0.503 e. The second-order valence-corrected chi connectivity index (χ2v) is 5.51. The van der Waals surface area contributed by atoms with E-state index in [1.165, 1.54) is 12.3 Å². The van der Waals surface area contributed by atoms with Crippen LogP contribution in [0.4, 0.5) is 0 Å². The number of nitrogens with zero attached hydrogens (tertiary/aromatic N) is 1. The van der Waals surface area contributed by atoms with Gasteiger partial charge in [0.25, 0.3) is 0 Å². The molecule has 0 aliphatic carbocycles. The highest BCUT2D eigenvalue weighted by Gasteiger charge is 2.09. The van der Waals surface area contributed by atoms with Crippen LogP contribution in [-0.4, -0.2) is 30.9 Å². The number of benzene rings is 2. The number of hydrogen-bond acceptors (Lipinski definition) is 5. The van der Waals surface area contributed by atoms with Gasteiger partial charge in [-0.1, -0.05) is 23.7 Å². The standard InChI is InChI=1S/C18H19ClN2O4/c1-3-25-16-9-13(8-15(19)18(16)23)11-20-21-17(22)10-12-4-6-14(24-2)7-5-12/h4-9,11,23H,3,10H2,1-2H3,(H,21,22)/b20-11-. The number of hydrogen-bond donors (Lipinski definition) is 2. The summed E-state index contributed by atoms with van der Waals surface area (Å²) >= 11 is 5.94. The molecule has 6 nitrogen and oxygen atoms in total. The molecule has 2 aromatic rings. The van der Waals surface area contributed by atoms with Gasteiger partial charge in [-0.2, -0.15) is 5.10 Å². The number of rotatable bonds is 7. The topological polar surface area (TPSA) is 80.2 Å². The first-order valence-electron chi connectivity index (χ1n) is 7.63. The molecule has 25 heavy (non-hydrogen) atoms. The Morgan fingerprint density at radius 3 is 2.68 bits per heavy atom. The van der Waals surface area contributed by atoms with E-state index in [-0.39, 0.29) is 28.8 Å². The van der Waals surface area contributed by atoms with Crippen LogP contribution in [0.25, 0.3) is 0 Å². The van der Waals surface area contributed by atoms with Gasteiger partial charge in [0, 0.05) is 0 Å². The van der Waals surface area contributed by atoms with E-state index in [9.17, 15) is 9.90 Å². The summed E-state index contributed by atoms with van der Waals surface area (Å²) in [6.45, 7) is 2.19. The number of methoxy groups -OCH3 is 1. The zero-order valence-electron chi connectivity index (χ0n) is 14.0. The first kappa shape index (κ1) is 18.6. The van der Waals surface area contributed by atoms with Gasteiger partial charge in [0.15, 0.2) is 11.5 Å². The van der Waals surface area contributed by atoms with Gasteiger partial charge in [0.1, 0.15) is 5.75 Å². The predicted octanol–water partition coefficient (Wildman–Crippen LogP) is 3.15. The van der Waals surface area contributed by atoms with Crippen molar-refractivity contribution in [2.24, 2.45) is 5.10 Å². The summed E-state index contributed by atoms with van der Waals surface area (Å²) < 4.78 is 10.4. The minimum atomic E-state index is -0.253. The highest BCUT2D eigenvalue weighted by Crippen LogP contribution is 2.34. The summed E-state index contributed by atoms with van der Waals surface area (Å²) in [6, 6.07) is 10.3. The quantitative estimate of drug-likeness (QED) is 0.585. The zero-order valence-corrected chi connectivity index (χ0v) is 14.7. The Morgan fingerprint density at radius 1 is 1.32 bits per heavy atom. The number of carbonyl (C=O) groups excluding carboxylic acids is 1. The van der Waals surface area contributed by atoms with Crippen molar-refractivity contribution in [1.29, 1.82) is 0 Å². The van der Waals surface area contributed by atoms with Crippen LogP contribution >= 0.6 is 11.6 Å². The molecule has 7 heteroatoms. The average molecular weight is 363 g/mol. The molecule has 0 aliphatic heterocycles. The normalized spacial score (nSPS) is 10.7. The zero-order chi connectivity index (χ0) is 18.2. The molecule has 0 heterocycles. The van der Waals surface area contributed by atoms with Gasteiger partial charge >= 0.3 is 0 Å². The van der Waals surface area contributed by atoms with Crippen molar-refractivity contribution in [2.45, 2.75) is 13.3 Å². The monoisotopic (exact) mass is 362 g/mol. The van der Waals surface area contributed by atoms with E-state index < -0.39 is 0 Å². The number of amides is 1. The summed E-state index contributed by atoms with van der Waals surface area (Å²) in [6.07, 6.45) is 1.63. The maximum absolute atomic E-state index is 11.9. The van der Waals surface area contributed by atoms with Gasteiger partial charge in [0.2, 0.25) is 5.91 Å². The van der Waals surface area contributed by atoms with E-state index in [0.717, 1.165) is 11.3 Å². The average Bonchev–Trinajstić information content (AvgIpc) is 2.60. The lowest BCUT2D eigenvalue weighted by atomic mass is 10.1. The van der Waals surface area contributed by atoms with Crippen molar-refractivity contribution in [3.05, 3.63) is 52.5 Å². The summed E-state index contributed by atoms with van der Waals surface area (Å²) in [5.74, 6) is 0.623. The molecular formula is C18H19ClN2O4. The third-order valence-electron chi connectivity index (χ3n) is 3.28. The Kier molecular flexibility index (Phi) is 6.65. The fourth-order valence-corrected chi connectivity index (χ4v) is 2.30. The number of nitrogens with one attached hydrogen (secondary N) is 1. The first-order valence-corrected chi connectivity index (χ1v) is 8.01. The van der Waals surface area contributed by atoms with Gasteiger partial charge in [-0.05, 0) is 42.3 Å². The number of carbonyl (C=O) groups is 1. The number of phenols is 1. The van der Waals surface area contributed by atoms with Crippen molar-refractivity contribution in [3.8, 4) is 17.2 Å². The SMILES string of the molecule is CCOc1cc(/C=N\NC(=O)Cc2ccc(OC)cc2)cc(Cl)c1O. The molecule has 0 atom stereocenters. The van der Waals surface area contributed by atoms with Gasteiger partial charge in [-0.15, -0.1) is 0 Å². The molecule has 132 valence electrons. The summed E-state index contributed by atoms with van der Waals surface area (Å²) in [7, 11) is 1.59. The van der Waals surface area contributed by atoms with E-state index in [4.69, 9.17) is 21.1 Å². The summed E-state index contributed by atoms with van der Waals surface area (Å²) in [5.41, 5.74) is 3.89. The molecule has 0 aromatic heterocycles. The van der Waals surface area contributed by atoms with Crippen molar-refractivity contribution in [3.63, 3.8) is 0 Å². The molecule has 0 radical (unpaired) electrons. The maximum atomic E-state index is 11.9. The van der Waals surface area contributed by atoms with Crippen LogP contribution in [0, 0.1) is 0 Å². The van der Waals surface area contributed by atoms with E-state index >= 15 is 0 Å². The lowest BCUT2D eigenvalue weighted by molar-refractivity contribution is -0.120. The van der Waals surface area contributed by atoms with Gasteiger partial charge in [-0.25, -0.2) is 5.43 Å². The maximum Gasteiger partial charge on any atom is 0.244 e. The molecule has 0 spiro atoms. The molecule has 0 aliphatic rings. The Bertz CT molecular complexity index is 760. The fourth-order valence-electron chi connectivity index (χ4n) is 2.08. The van der Waals surface area contributed by atoms with Crippen LogP contribution in [0.1, 0.15) is 18.1 Å². The summed E-state index contributed by atoms with van der Waals surface area (Å²) in [5, 5.41) is 13.8. The molecule has 2 rings (SSSR count). The molecule has 0 bridgehead atoms. The highest BCUT2D eigenvalue weighted by molar-refractivity contribution is 6.32. The minimum absolute atomic E-state index is 0.121. The third-order valence-corrected chi connectivity index (χ3v) is 3.57. The molecule has 1 amide bonds. The van der Waals surface area contributed by atoms with E-state index in [2.05, 4.69) is 10.5 Å². The van der Waals surface area contributed by atoms with E-state index in [1.54, 1.807) is 32.2 Å². The van der Waals surface area contributed by atoms with Crippen LogP contribution < -0.4 is 14.9 Å². The molecular weight excluding hydrogens is 344 g/mol. The Hall–Kier alpha value is -2.73. The minimum Gasteiger partial charge on any atom is -0.503 e. The van der Waals surface area contributed by atoms with Crippen LogP contribution in [-0.2, 0) is 11.2 Å². The van der Waals surface area contributed by atoms with Gasteiger partial charge in [0.05, 0.1) is 31.4 Å². The predicted molar refractivity (Wildman–Crippen MR) is 96.7 cm³/mol. The molecule has 0 fully saturated rings. The second-order valence-electron chi connectivity index (χ2n) is 5.10.